The number of nitrogens with two attached hydrogens (primary N) is 1. The molecule has 0 aliphatic heterocycles. The molecule has 21 heavy (non-hydrogen) atoms. The van der Waals surface area contributed by atoms with Gasteiger partial charge in [-0.1, -0.05) is 32.9 Å². The average Bonchev–Trinajstić information content (AvgIpc) is 2.38. The summed E-state index contributed by atoms with van der Waals surface area (Å²) >= 11 is 0. The van der Waals surface area contributed by atoms with Crippen LogP contribution in [0.15, 0.2) is 24.3 Å². The maximum atomic E-state index is 11.8. The Kier molecular flexibility index (Phi) is 8.37. The highest BCUT2D eigenvalue weighted by Gasteiger charge is 2.17. The Balaban J connectivity index is 0.00000400. The van der Waals surface area contributed by atoms with E-state index in [-0.39, 0.29) is 23.7 Å². The van der Waals surface area contributed by atoms with E-state index in [1.807, 2.05) is 18.2 Å². The highest BCUT2D eigenvalue weighted by Crippen LogP contribution is 2.26. The fraction of sp³-hybridized carbons (Fsp3) is 0.562. The van der Waals surface area contributed by atoms with E-state index in [1.54, 1.807) is 6.92 Å². The maximum Gasteiger partial charge on any atom is 0.260 e. The number of benzene rings is 1. The van der Waals surface area contributed by atoms with Gasteiger partial charge in [-0.05, 0) is 43.0 Å². The van der Waals surface area contributed by atoms with Gasteiger partial charge < -0.3 is 15.8 Å². The van der Waals surface area contributed by atoms with Crippen LogP contribution in [0.4, 0.5) is 0 Å². The molecule has 5 heteroatoms. The summed E-state index contributed by atoms with van der Waals surface area (Å²) < 4.78 is 5.70. The number of hydrogen-bond donors (Lipinski definition) is 2. The number of nitrogens with one attached hydrogen (secondary N) is 1. The molecule has 3 N–H and O–H groups in total. The second-order valence-electron chi connectivity index (χ2n) is 5.97. The largest absolute Gasteiger partial charge is 0.481 e. The van der Waals surface area contributed by atoms with Gasteiger partial charge >= 0.3 is 0 Å². The first-order valence-corrected chi connectivity index (χ1v) is 7.09. The first-order chi connectivity index (χ1) is 9.34. The molecule has 0 aliphatic carbocycles. The number of carbonyl (C=O) groups is 1. The zero-order chi connectivity index (χ0) is 15.2. The minimum atomic E-state index is -0.511. The van der Waals surface area contributed by atoms with Crippen LogP contribution in [0, 0.1) is 0 Å². The Morgan fingerprint density at radius 2 is 2.05 bits per heavy atom. The normalized spacial score (nSPS) is 12.2. The molecular weight excluding hydrogens is 288 g/mol. The van der Waals surface area contributed by atoms with E-state index in [4.69, 9.17) is 10.5 Å². The highest BCUT2D eigenvalue weighted by atomic mass is 35.5. The van der Waals surface area contributed by atoms with E-state index in [1.165, 1.54) is 5.56 Å². The summed E-state index contributed by atoms with van der Waals surface area (Å²) in [5, 5.41) is 2.80. The SMILES string of the molecule is CC(Oc1cccc(C(C)(C)C)c1)C(=O)NCCCN.Cl. The minimum absolute atomic E-state index is 0. The fourth-order valence-corrected chi connectivity index (χ4v) is 1.75. The van der Waals surface area contributed by atoms with Crippen molar-refractivity contribution in [1.82, 2.24) is 5.32 Å². The molecule has 0 saturated heterocycles. The Bertz CT molecular complexity index is 444. The lowest BCUT2D eigenvalue weighted by Crippen LogP contribution is -2.37. The van der Waals surface area contributed by atoms with E-state index in [0.29, 0.717) is 13.1 Å². The van der Waals surface area contributed by atoms with Crippen molar-refractivity contribution in [3.8, 4) is 5.75 Å². The summed E-state index contributed by atoms with van der Waals surface area (Å²) in [5.74, 6) is 0.610. The van der Waals surface area contributed by atoms with Crippen molar-refractivity contribution in [3.05, 3.63) is 29.8 Å². The second-order valence-corrected chi connectivity index (χ2v) is 5.97. The monoisotopic (exact) mass is 314 g/mol. The molecule has 0 spiro atoms. The average molecular weight is 315 g/mol. The minimum Gasteiger partial charge on any atom is -0.481 e. The lowest BCUT2D eigenvalue weighted by Gasteiger charge is -2.21. The van der Waals surface area contributed by atoms with Crippen molar-refractivity contribution in [2.45, 2.75) is 45.6 Å². The second kappa shape index (κ2) is 8.90. The van der Waals surface area contributed by atoms with Crippen LogP contribution >= 0.6 is 12.4 Å². The zero-order valence-corrected chi connectivity index (χ0v) is 14.1. The molecule has 0 aliphatic rings. The van der Waals surface area contributed by atoms with Gasteiger partial charge in [-0.2, -0.15) is 0 Å². The number of carbonyl (C=O) groups excluding carboxylic acids is 1. The first-order valence-electron chi connectivity index (χ1n) is 7.09. The topological polar surface area (TPSA) is 64.3 Å². The van der Waals surface area contributed by atoms with Gasteiger partial charge in [0.2, 0.25) is 0 Å². The van der Waals surface area contributed by atoms with E-state index < -0.39 is 6.10 Å². The molecule has 4 nitrogen and oxygen atoms in total. The van der Waals surface area contributed by atoms with E-state index in [0.717, 1.165) is 12.2 Å². The van der Waals surface area contributed by atoms with Crippen LogP contribution < -0.4 is 15.8 Å². The first kappa shape index (κ1) is 19.7. The molecule has 120 valence electrons. The van der Waals surface area contributed by atoms with Crippen molar-refractivity contribution in [2.24, 2.45) is 5.73 Å². The van der Waals surface area contributed by atoms with Gasteiger partial charge in [0, 0.05) is 6.54 Å². The van der Waals surface area contributed by atoms with E-state index in [2.05, 4.69) is 32.2 Å². The van der Waals surface area contributed by atoms with Gasteiger partial charge in [-0.25, -0.2) is 0 Å². The lowest BCUT2D eigenvalue weighted by atomic mass is 9.87. The summed E-state index contributed by atoms with van der Waals surface area (Å²) in [6.07, 6.45) is 0.265. The van der Waals surface area contributed by atoms with Gasteiger partial charge in [0.1, 0.15) is 5.75 Å². The molecule has 1 atom stereocenters. The molecule has 1 amide bonds. The molecule has 0 saturated carbocycles. The Morgan fingerprint density at radius 1 is 1.38 bits per heavy atom. The van der Waals surface area contributed by atoms with Crippen LogP contribution in [0.5, 0.6) is 5.75 Å². The summed E-state index contributed by atoms with van der Waals surface area (Å²) in [6.45, 7) is 9.36. The van der Waals surface area contributed by atoms with Gasteiger partial charge in [0.05, 0.1) is 0 Å². The van der Waals surface area contributed by atoms with Crippen molar-refractivity contribution in [3.63, 3.8) is 0 Å². The fourth-order valence-electron chi connectivity index (χ4n) is 1.75. The molecule has 0 radical (unpaired) electrons. The van der Waals surface area contributed by atoms with Crippen LogP contribution in [0.1, 0.15) is 39.7 Å². The Hall–Kier alpha value is -1.26. The molecule has 1 aromatic rings. The Morgan fingerprint density at radius 3 is 2.62 bits per heavy atom. The predicted molar refractivity (Wildman–Crippen MR) is 89.2 cm³/mol. The molecular formula is C16H27ClN2O2. The van der Waals surface area contributed by atoms with E-state index >= 15 is 0 Å². The summed E-state index contributed by atoms with van der Waals surface area (Å²) in [6, 6.07) is 7.89. The lowest BCUT2D eigenvalue weighted by molar-refractivity contribution is -0.127. The van der Waals surface area contributed by atoms with Crippen LogP contribution in [-0.2, 0) is 10.2 Å². The smallest absolute Gasteiger partial charge is 0.260 e. The number of amides is 1. The molecule has 1 unspecified atom stereocenters. The van der Waals surface area contributed by atoms with Crippen LogP contribution in [0.25, 0.3) is 0 Å². The Labute approximate surface area is 133 Å². The van der Waals surface area contributed by atoms with Crippen molar-refractivity contribution in [2.75, 3.05) is 13.1 Å². The molecule has 0 aromatic heterocycles. The van der Waals surface area contributed by atoms with Gasteiger partial charge in [0.15, 0.2) is 6.10 Å². The highest BCUT2D eigenvalue weighted by molar-refractivity contribution is 5.85. The molecule has 1 aromatic carbocycles. The van der Waals surface area contributed by atoms with Crippen molar-refractivity contribution >= 4 is 18.3 Å². The third-order valence-electron chi connectivity index (χ3n) is 3.06. The van der Waals surface area contributed by atoms with Gasteiger partial charge in [-0.15, -0.1) is 12.4 Å². The van der Waals surface area contributed by atoms with E-state index in [9.17, 15) is 4.79 Å². The van der Waals surface area contributed by atoms with Crippen LogP contribution in [-0.4, -0.2) is 25.1 Å². The van der Waals surface area contributed by atoms with Crippen molar-refractivity contribution in [1.29, 1.82) is 0 Å². The molecule has 0 fully saturated rings. The third-order valence-corrected chi connectivity index (χ3v) is 3.06. The molecule has 0 bridgehead atoms. The number of ether oxygens (including phenoxy) is 1. The zero-order valence-electron chi connectivity index (χ0n) is 13.3. The number of rotatable bonds is 6. The van der Waals surface area contributed by atoms with Gasteiger partial charge in [0.25, 0.3) is 5.91 Å². The molecule has 1 rings (SSSR count). The quantitative estimate of drug-likeness (QED) is 0.793. The van der Waals surface area contributed by atoms with Crippen LogP contribution in [0.2, 0.25) is 0 Å². The summed E-state index contributed by atoms with van der Waals surface area (Å²) in [7, 11) is 0. The predicted octanol–water partition coefficient (Wildman–Crippen LogP) is 2.64. The third kappa shape index (κ3) is 6.82. The number of halogens is 1. The maximum absolute atomic E-state index is 11.8. The van der Waals surface area contributed by atoms with Crippen molar-refractivity contribution < 1.29 is 9.53 Å². The standard InChI is InChI=1S/C16H26N2O2.ClH/c1-12(15(19)18-10-6-9-17)20-14-8-5-7-13(11-14)16(2,3)4;/h5,7-8,11-12H,6,9-10,17H2,1-4H3,(H,18,19);1H. The summed E-state index contributed by atoms with van der Waals surface area (Å²) in [5.41, 5.74) is 6.64. The van der Waals surface area contributed by atoms with Crippen LogP contribution in [0.3, 0.4) is 0 Å². The van der Waals surface area contributed by atoms with Gasteiger partial charge in [-0.3, -0.25) is 4.79 Å². The summed E-state index contributed by atoms with van der Waals surface area (Å²) in [4.78, 5) is 11.8. The molecule has 0 heterocycles. The number of hydrogen-bond acceptors (Lipinski definition) is 3.